The molecule has 0 N–H and O–H groups in total. The topological polar surface area (TPSA) is 0 Å². The van der Waals surface area contributed by atoms with Crippen molar-refractivity contribution in [1.82, 2.24) is 0 Å². The molecule has 0 bridgehead atoms. The normalized spacial score (nSPS) is 11.6. The van der Waals surface area contributed by atoms with Crippen LogP contribution < -0.4 is 21.2 Å². The molecule has 0 spiro atoms. The Balaban J connectivity index is 2.19. The van der Waals surface area contributed by atoms with Crippen molar-refractivity contribution in [3.63, 3.8) is 0 Å². The molecule has 4 aromatic rings. The van der Waals surface area contributed by atoms with Crippen molar-refractivity contribution in [1.29, 1.82) is 0 Å². The Morgan fingerprint density at radius 1 is 0.552 bits per heavy atom. The number of aryl methyl sites for hydroxylation is 1. The molecule has 0 fully saturated rings. The molecular weight excluding hydrogens is 367 g/mol. The molecule has 0 aliphatic rings. The predicted octanol–water partition coefficient (Wildman–Crippen LogP) is 5.74. The summed E-state index contributed by atoms with van der Waals surface area (Å²) in [7, 11) is -2.02. The summed E-state index contributed by atoms with van der Waals surface area (Å²) in [5.41, 5.74) is 2.78. The average Bonchev–Trinajstić information content (AvgIpc) is 2.77. The van der Waals surface area contributed by atoms with Gasteiger partial charge in [0.2, 0.25) is 0 Å². The zero-order valence-electron chi connectivity index (χ0n) is 17.4. The second-order valence-electron chi connectivity index (χ2n) is 7.89. The van der Waals surface area contributed by atoms with Crippen LogP contribution >= 0.6 is 7.26 Å². The fourth-order valence-electron chi connectivity index (χ4n) is 4.26. The molecule has 0 amide bonds. The van der Waals surface area contributed by atoms with Gasteiger partial charge < -0.3 is 0 Å². The molecule has 0 unspecified atom stereocenters. The maximum absolute atomic E-state index is 2.39. The van der Waals surface area contributed by atoms with Crippen LogP contribution in [0.4, 0.5) is 0 Å². The van der Waals surface area contributed by atoms with E-state index < -0.39 is 7.26 Å². The minimum absolute atomic E-state index is 0.459. The molecule has 0 aliphatic heterocycles. The van der Waals surface area contributed by atoms with Crippen molar-refractivity contribution in [3.05, 3.63) is 120 Å². The number of rotatable bonds is 5. The van der Waals surface area contributed by atoms with Crippen LogP contribution in [0.2, 0.25) is 0 Å². The van der Waals surface area contributed by atoms with Crippen molar-refractivity contribution >= 4 is 28.5 Å². The molecule has 4 rings (SSSR count). The van der Waals surface area contributed by atoms with Gasteiger partial charge >= 0.3 is 0 Å². The third kappa shape index (κ3) is 3.54. The van der Waals surface area contributed by atoms with Gasteiger partial charge in [0.1, 0.15) is 28.5 Å². The smallest absolute Gasteiger partial charge is 0.0620 e. The maximum Gasteiger partial charge on any atom is 0.144 e. The minimum Gasteiger partial charge on any atom is -0.0620 e. The van der Waals surface area contributed by atoms with Gasteiger partial charge in [-0.05, 0) is 60.9 Å². The van der Waals surface area contributed by atoms with E-state index in [0.717, 1.165) is 0 Å². The summed E-state index contributed by atoms with van der Waals surface area (Å²) in [5.74, 6) is 0.459. The molecular formula is C28H28P+. The van der Waals surface area contributed by atoms with Gasteiger partial charge in [-0.3, -0.25) is 0 Å². The van der Waals surface area contributed by atoms with E-state index in [1.54, 1.807) is 0 Å². The summed E-state index contributed by atoms with van der Waals surface area (Å²) in [4.78, 5) is 0. The van der Waals surface area contributed by atoms with E-state index in [9.17, 15) is 0 Å². The number of hydrogen-bond acceptors (Lipinski definition) is 0. The zero-order chi connectivity index (χ0) is 20.3. The molecule has 29 heavy (non-hydrogen) atoms. The van der Waals surface area contributed by atoms with Crippen LogP contribution in [0.25, 0.3) is 0 Å². The lowest BCUT2D eigenvalue weighted by molar-refractivity contribution is 0.872. The highest BCUT2D eigenvalue weighted by Gasteiger charge is 2.49. The Morgan fingerprint density at radius 2 is 0.966 bits per heavy atom. The largest absolute Gasteiger partial charge is 0.144 e. The van der Waals surface area contributed by atoms with E-state index >= 15 is 0 Å². The Morgan fingerprint density at radius 3 is 1.34 bits per heavy atom. The summed E-state index contributed by atoms with van der Waals surface area (Å²) in [5, 5.41) is 5.69. The highest BCUT2D eigenvalue weighted by atomic mass is 31.2. The second-order valence-corrected chi connectivity index (χ2v) is 11.3. The highest BCUT2D eigenvalue weighted by Crippen LogP contribution is 2.55. The van der Waals surface area contributed by atoms with Gasteiger partial charge in [-0.2, -0.15) is 0 Å². The van der Waals surface area contributed by atoms with Crippen LogP contribution in [-0.2, 0) is 0 Å². The van der Waals surface area contributed by atoms with Gasteiger partial charge in [0.25, 0.3) is 0 Å². The molecule has 0 aromatic heterocycles. The molecule has 0 radical (unpaired) electrons. The molecule has 4 aromatic carbocycles. The van der Waals surface area contributed by atoms with Crippen LogP contribution in [0.1, 0.15) is 30.9 Å². The summed E-state index contributed by atoms with van der Waals surface area (Å²) in [6.07, 6.45) is 0. The molecule has 0 saturated carbocycles. The molecule has 1 heteroatoms. The van der Waals surface area contributed by atoms with E-state index in [0.29, 0.717) is 5.92 Å². The van der Waals surface area contributed by atoms with Crippen LogP contribution in [0.3, 0.4) is 0 Å². The summed E-state index contributed by atoms with van der Waals surface area (Å²) in [6, 6.07) is 40.4. The van der Waals surface area contributed by atoms with E-state index in [1.807, 2.05) is 0 Å². The Hall–Kier alpha value is -2.69. The third-order valence-electron chi connectivity index (χ3n) is 5.60. The molecule has 0 heterocycles. The summed E-state index contributed by atoms with van der Waals surface area (Å²) >= 11 is 0. The quantitative estimate of drug-likeness (QED) is 0.378. The van der Waals surface area contributed by atoms with Gasteiger partial charge in [-0.1, -0.05) is 86.1 Å². The van der Waals surface area contributed by atoms with Crippen molar-refractivity contribution in [2.24, 2.45) is 0 Å². The van der Waals surface area contributed by atoms with Crippen molar-refractivity contribution in [2.45, 2.75) is 26.7 Å². The number of hydrogen-bond donors (Lipinski definition) is 0. The number of benzene rings is 4. The van der Waals surface area contributed by atoms with Crippen molar-refractivity contribution in [3.8, 4) is 0 Å². The molecule has 0 nitrogen and oxygen atoms in total. The fourth-order valence-corrected chi connectivity index (χ4v) is 8.86. The van der Waals surface area contributed by atoms with Crippen LogP contribution in [-0.4, -0.2) is 0 Å². The van der Waals surface area contributed by atoms with Crippen LogP contribution in [0, 0.1) is 6.92 Å². The Bertz CT molecular complexity index is 970. The second kappa shape index (κ2) is 8.36. The van der Waals surface area contributed by atoms with E-state index in [4.69, 9.17) is 0 Å². The monoisotopic (exact) mass is 395 g/mol. The van der Waals surface area contributed by atoms with Crippen LogP contribution in [0.5, 0.6) is 0 Å². The van der Waals surface area contributed by atoms with Gasteiger partial charge in [0.05, 0.1) is 0 Å². The first-order chi connectivity index (χ1) is 14.1. The Kier molecular flexibility index (Phi) is 5.65. The molecule has 144 valence electrons. The zero-order valence-corrected chi connectivity index (χ0v) is 18.3. The first kappa shape index (κ1) is 19.6. The van der Waals surface area contributed by atoms with E-state index in [-0.39, 0.29) is 0 Å². The minimum atomic E-state index is -2.02. The van der Waals surface area contributed by atoms with Gasteiger partial charge in [-0.25, -0.2) is 0 Å². The standard InChI is InChI=1S/C28H28P/c1-22(2)27-21-23(3)19-20-28(27)29(24-13-7-4-8-14-24,25-15-9-5-10-16-25)26-17-11-6-12-18-26/h4-22H,1-3H3/q+1. The van der Waals surface area contributed by atoms with Crippen molar-refractivity contribution < 1.29 is 0 Å². The van der Waals surface area contributed by atoms with E-state index in [2.05, 4.69) is 130 Å². The molecule has 0 atom stereocenters. The lowest BCUT2D eigenvalue weighted by Gasteiger charge is -2.30. The molecule has 0 aliphatic carbocycles. The summed E-state index contributed by atoms with van der Waals surface area (Å²) in [6.45, 7) is 6.82. The Labute approximate surface area is 175 Å². The lowest BCUT2D eigenvalue weighted by Crippen LogP contribution is -2.40. The third-order valence-corrected chi connectivity index (χ3v) is 9.95. The highest BCUT2D eigenvalue weighted by molar-refractivity contribution is 8.01. The molecule has 0 saturated heterocycles. The fraction of sp³-hybridized carbons (Fsp3) is 0.143. The van der Waals surface area contributed by atoms with Gasteiger partial charge in [0.15, 0.2) is 0 Å². The van der Waals surface area contributed by atoms with E-state index in [1.165, 1.54) is 32.3 Å². The average molecular weight is 396 g/mol. The first-order valence-corrected chi connectivity index (χ1v) is 12.1. The van der Waals surface area contributed by atoms with Gasteiger partial charge in [0, 0.05) is 0 Å². The summed E-state index contributed by atoms with van der Waals surface area (Å²) < 4.78 is 0. The maximum atomic E-state index is 2.39. The van der Waals surface area contributed by atoms with Gasteiger partial charge in [-0.15, -0.1) is 0 Å². The SMILES string of the molecule is Cc1ccc([P+](c2ccccc2)(c2ccccc2)c2ccccc2)c(C(C)C)c1. The lowest BCUT2D eigenvalue weighted by atomic mass is 10.0. The van der Waals surface area contributed by atoms with Crippen LogP contribution in [0.15, 0.2) is 109 Å². The first-order valence-electron chi connectivity index (χ1n) is 10.3. The van der Waals surface area contributed by atoms with Crippen molar-refractivity contribution in [2.75, 3.05) is 0 Å². The predicted molar refractivity (Wildman–Crippen MR) is 130 cm³/mol.